The number of phenols is 1. The van der Waals surface area contributed by atoms with Gasteiger partial charge in [-0.25, -0.2) is 0 Å². The number of aliphatic hydroxyl groups excluding tert-OH is 1. The Labute approximate surface area is 98.3 Å². The molecule has 1 rings (SSSR count). The predicted octanol–water partition coefficient (Wildman–Crippen LogP) is 1.05. The summed E-state index contributed by atoms with van der Waals surface area (Å²) in [6, 6.07) is 1.31. The van der Waals surface area contributed by atoms with Crippen molar-refractivity contribution < 1.29 is 19.7 Å². The Balaban J connectivity index is 3.46. The molecule has 0 saturated carbocycles. The van der Waals surface area contributed by atoms with E-state index in [0.29, 0.717) is 0 Å². The summed E-state index contributed by atoms with van der Waals surface area (Å²) in [5.41, 5.74) is 5.58. The van der Waals surface area contributed by atoms with Crippen molar-refractivity contribution in [1.29, 1.82) is 0 Å². The van der Waals surface area contributed by atoms with Crippen molar-refractivity contribution >= 4 is 11.6 Å². The quantitative estimate of drug-likeness (QED) is 0.741. The molecule has 6 heteroatoms. The zero-order valence-electron chi connectivity index (χ0n) is 9.03. The van der Waals surface area contributed by atoms with Gasteiger partial charge in [-0.05, 0) is 0 Å². The summed E-state index contributed by atoms with van der Waals surface area (Å²) < 4.78 is 10.1. The molecule has 0 heterocycles. The molecule has 0 aliphatic rings. The Kier molecular flexibility index (Phi) is 4.23. The molecule has 0 aromatic heterocycles. The molecule has 0 radical (unpaired) electrons. The molecule has 0 bridgehead atoms. The molecule has 5 nitrogen and oxygen atoms in total. The van der Waals surface area contributed by atoms with Gasteiger partial charge in [0.2, 0.25) is 0 Å². The van der Waals surface area contributed by atoms with E-state index >= 15 is 0 Å². The van der Waals surface area contributed by atoms with Gasteiger partial charge in [0.05, 0.1) is 30.9 Å². The second-order valence-corrected chi connectivity index (χ2v) is 3.49. The van der Waals surface area contributed by atoms with E-state index in [1.54, 1.807) is 0 Å². The largest absolute Gasteiger partial charge is 0.506 e. The SMILES string of the molecule is COc1cc(O)c(Cl)c(C(O)CN)c1OC. The average Bonchev–Trinajstić information content (AvgIpc) is 2.30. The van der Waals surface area contributed by atoms with Crippen LogP contribution in [0.4, 0.5) is 0 Å². The van der Waals surface area contributed by atoms with Crippen LogP contribution in [0.15, 0.2) is 6.07 Å². The first-order chi connectivity index (χ1) is 7.56. The lowest BCUT2D eigenvalue weighted by molar-refractivity contribution is 0.180. The number of phenolic OH excluding ortho intramolecular Hbond substituents is 1. The highest BCUT2D eigenvalue weighted by Crippen LogP contribution is 2.44. The highest BCUT2D eigenvalue weighted by atomic mass is 35.5. The zero-order chi connectivity index (χ0) is 12.3. The first-order valence-electron chi connectivity index (χ1n) is 4.58. The van der Waals surface area contributed by atoms with Crippen LogP contribution in [0.1, 0.15) is 11.7 Å². The molecule has 0 aliphatic heterocycles. The summed E-state index contributed by atoms with van der Waals surface area (Å²) in [6.45, 7) is -0.0390. The summed E-state index contributed by atoms with van der Waals surface area (Å²) in [6.07, 6.45) is -1.02. The first-order valence-corrected chi connectivity index (χ1v) is 4.96. The van der Waals surface area contributed by atoms with E-state index in [0.717, 1.165) is 0 Å². The summed E-state index contributed by atoms with van der Waals surface area (Å²) in [5, 5.41) is 19.3. The summed E-state index contributed by atoms with van der Waals surface area (Å²) in [7, 11) is 2.84. The topological polar surface area (TPSA) is 84.9 Å². The fourth-order valence-corrected chi connectivity index (χ4v) is 1.67. The number of methoxy groups -OCH3 is 2. The molecule has 4 N–H and O–H groups in total. The van der Waals surface area contributed by atoms with E-state index in [2.05, 4.69) is 0 Å². The van der Waals surface area contributed by atoms with Gasteiger partial charge >= 0.3 is 0 Å². The normalized spacial score (nSPS) is 12.3. The van der Waals surface area contributed by atoms with E-state index in [1.807, 2.05) is 0 Å². The van der Waals surface area contributed by atoms with Crippen LogP contribution >= 0.6 is 11.6 Å². The van der Waals surface area contributed by atoms with Crippen LogP contribution in [0.2, 0.25) is 5.02 Å². The maximum atomic E-state index is 9.71. The molecule has 16 heavy (non-hydrogen) atoms. The van der Waals surface area contributed by atoms with E-state index in [-0.39, 0.29) is 34.4 Å². The van der Waals surface area contributed by atoms with Gasteiger partial charge in [0, 0.05) is 12.6 Å². The fraction of sp³-hybridized carbons (Fsp3) is 0.400. The van der Waals surface area contributed by atoms with Crippen molar-refractivity contribution in [1.82, 2.24) is 0 Å². The fourth-order valence-electron chi connectivity index (χ4n) is 1.40. The van der Waals surface area contributed by atoms with Crippen LogP contribution in [0.25, 0.3) is 0 Å². The minimum Gasteiger partial charge on any atom is -0.506 e. The Morgan fingerprint density at radius 3 is 2.50 bits per heavy atom. The standard InChI is InChI=1S/C10H14ClNO4/c1-15-7-3-5(13)9(11)8(6(14)4-12)10(7)16-2/h3,6,13-14H,4,12H2,1-2H3. The van der Waals surface area contributed by atoms with E-state index < -0.39 is 6.10 Å². The van der Waals surface area contributed by atoms with Crippen LogP contribution in [0.5, 0.6) is 17.2 Å². The second kappa shape index (κ2) is 5.25. The molecular weight excluding hydrogens is 234 g/mol. The van der Waals surface area contributed by atoms with Crippen LogP contribution in [-0.4, -0.2) is 31.0 Å². The molecule has 0 aliphatic carbocycles. The van der Waals surface area contributed by atoms with E-state index in [4.69, 9.17) is 26.8 Å². The van der Waals surface area contributed by atoms with E-state index in [9.17, 15) is 10.2 Å². The number of rotatable bonds is 4. The van der Waals surface area contributed by atoms with Crippen LogP contribution in [0, 0.1) is 0 Å². The predicted molar refractivity (Wildman–Crippen MR) is 60.2 cm³/mol. The number of aliphatic hydroxyl groups is 1. The Morgan fingerprint density at radius 1 is 1.44 bits per heavy atom. The maximum absolute atomic E-state index is 9.71. The number of halogens is 1. The zero-order valence-corrected chi connectivity index (χ0v) is 9.78. The summed E-state index contributed by atoms with van der Waals surface area (Å²) in [5.74, 6) is 0.358. The van der Waals surface area contributed by atoms with Crippen molar-refractivity contribution in [2.24, 2.45) is 5.73 Å². The van der Waals surface area contributed by atoms with Crippen molar-refractivity contribution in [2.75, 3.05) is 20.8 Å². The average molecular weight is 248 g/mol. The van der Waals surface area contributed by atoms with Gasteiger partial charge < -0.3 is 25.4 Å². The molecule has 1 aromatic carbocycles. The number of nitrogens with two attached hydrogens (primary N) is 1. The third kappa shape index (κ3) is 2.16. The van der Waals surface area contributed by atoms with Gasteiger partial charge in [0.15, 0.2) is 11.5 Å². The number of ether oxygens (including phenoxy) is 2. The van der Waals surface area contributed by atoms with Crippen molar-refractivity contribution in [2.45, 2.75) is 6.10 Å². The minimum absolute atomic E-state index is 0.00981. The maximum Gasteiger partial charge on any atom is 0.168 e. The number of hydrogen-bond acceptors (Lipinski definition) is 5. The molecule has 1 aromatic rings. The number of benzene rings is 1. The minimum atomic E-state index is -1.02. The molecule has 0 amide bonds. The van der Waals surface area contributed by atoms with Crippen LogP contribution in [-0.2, 0) is 0 Å². The van der Waals surface area contributed by atoms with Gasteiger partial charge in [-0.2, -0.15) is 0 Å². The molecular formula is C10H14ClNO4. The van der Waals surface area contributed by atoms with Gasteiger partial charge in [-0.15, -0.1) is 0 Å². The molecule has 90 valence electrons. The highest BCUT2D eigenvalue weighted by molar-refractivity contribution is 6.33. The van der Waals surface area contributed by atoms with Gasteiger partial charge in [0.1, 0.15) is 5.75 Å². The Bertz CT molecular complexity index is 384. The number of hydrogen-bond donors (Lipinski definition) is 3. The molecule has 1 atom stereocenters. The van der Waals surface area contributed by atoms with Crippen molar-refractivity contribution in [3.8, 4) is 17.2 Å². The Hall–Kier alpha value is -1.17. The molecule has 0 spiro atoms. The first kappa shape index (κ1) is 12.9. The lowest BCUT2D eigenvalue weighted by atomic mass is 10.1. The Morgan fingerprint density at radius 2 is 2.06 bits per heavy atom. The lowest BCUT2D eigenvalue weighted by Gasteiger charge is -2.18. The van der Waals surface area contributed by atoms with Gasteiger partial charge in [0.25, 0.3) is 0 Å². The van der Waals surface area contributed by atoms with Gasteiger partial charge in [-0.1, -0.05) is 11.6 Å². The van der Waals surface area contributed by atoms with Gasteiger partial charge in [-0.3, -0.25) is 0 Å². The summed E-state index contributed by atoms with van der Waals surface area (Å²) in [4.78, 5) is 0. The summed E-state index contributed by atoms with van der Waals surface area (Å²) >= 11 is 5.88. The third-order valence-corrected chi connectivity index (χ3v) is 2.58. The molecule has 0 saturated heterocycles. The smallest absolute Gasteiger partial charge is 0.168 e. The lowest BCUT2D eigenvalue weighted by Crippen LogP contribution is -2.13. The highest BCUT2D eigenvalue weighted by Gasteiger charge is 2.23. The van der Waals surface area contributed by atoms with Crippen molar-refractivity contribution in [3.05, 3.63) is 16.7 Å². The van der Waals surface area contributed by atoms with Crippen LogP contribution in [0.3, 0.4) is 0 Å². The second-order valence-electron chi connectivity index (χ2n) is 3.11. The monoisotopic (exact) mass is 247 g/mol. The van der Waals surface area contributed by atoms with Crippen LogP contribution < -0.4 is 15.2 Å². The molecule has 1 unspecified atom stereocenters. The van der Waals surface area contributed by atoms with Crippen molar-refractivity contribution in [3.63, 3.8) is 0 Å². The molecule has 0 fully saturated rings. The number of aromatic hydroxyl groups is 1. The van der Waals surface area contributed by atoms with E-state index in [1.165, 1.54) is 20.3 Å². The third-order valence-electron chi connectivity index (χ3n) is 2.18.